The van der Waals surface area contributed by atoms with Gasteiger partial charge in [-0.25, -0.2) is 9.78 Å². The largest absolute Gasteiger partial charge is 0.476 e. The Hall–Kier alpha value is -2.69. The van der Waals surface area contributed by atoms with Gasteiger partial charge in [-0.3, -0.25) is 9.38 Å². The van der Waals surface area contributed by atoms with E-state index in [1.165, 1.54) is 0 Å². The molecule has 0 aromatic carbocycles. The van der Waals surface area contributed by atoms with Crippen LogP contribution in [0.2, 0.25) is 0 Å². The minimum atomic E-state index is -0.995. The Morgan fingerprint density at radius 2 is 1.95 bits per heavy atom. The van der Waals surface area contributed by atoms with E-state index in [-0.39, 0.29) is 5.69 Å². The van der Waals surface area contributed by atoms with Gasteiger partial charge in [-0.05, 0) is 30.7 Å². The summed E-state index contributed by atoms with van der Waals surface area (Å²) >= 11 is 0. The van der Waals surface area contributed by atoms with Gasteiger partial charge in [0.1, 0.15) is 11.3 Å². The van der Waals surface area contributed by atoms with Crippen molar-refractivity contribution in [1.82, 2.24) is 14.4 Å². The second kappa shape index (κ2) is 4.20. The second-order valence-corrected chi connectivity index (χ2v) is 4.28. The predicted octanol–water partition coefficient (Wildman–Crippen LogP) is 2.40. The first-order chi connectivity index (χ1) is 9.16. The molecule has 0 aliphatic heterocycles. The van der Waals surface area contributed by atoms with Gasteiger partial charge in [0.15, 0.2) is 5.69 Å². The van der Waals surface area contributed by atoms with E-state index in [1.54, 1.807) is 35.1 Å². The summed E-state index contributed by atoms with van der Waals surface area (Å²) in [5, 5.41) is 9.43. The number of aromatic nitrogens is 3. The number of aryl methyl sites for hydroxylation is 1. The maximum Gasteiger partial charge on any atom is 0.355 e. The van der Waals surface area contributed by atoms with Gasteiger partial charge in [-0.2, -0.15) is 0 Å². The zero-order valence-corrected chi connectivity index (χ0v) is 10.2. The van der Waals surface area contributed by atoms with Crippen molar-refractivity contribution in [2.24, 2.45) is 0 Å². The third-order valence-electron chi connectivity index (χ3n) is 2.92. The zero-order chi connectivity index (χ0) is 13.4. The Morgan fingerprint density at radius 3 is 2.63 bits per heavy atom. The Balaban J connectivity index is 2.36. The number of pyridine rings is 2. The Labute approximate surface area is 109 Å². The molecular formula is C14H11N3O2. The molecule has 0 fully saturated rings. The smallest absolute Gasteiger partial charge is 0.355 e. The van der Waals surface area contributed by atoms with Crippen LogP contribution < -0.4 is 0 Å². The lowest BCUT2D eigenvalue weighted by molar-refractivity contribution is 0.0690. The van der Waals surface area contributed by atoms with Crippen LogP contribution in [0.5, 0.6) is 0 Å². The maximum atomic E-state index is 11.5. The fraction of sp³-hybridized carbons (Fsp3) is 0.0714. The first-order valence-electron chi connectivity index (χ1n) is 5.79. The van der Waals surface area contributed by atoms with Gasteiger partial charge in [-0.1, -0.05) is 6.07 Å². The molecule has 3 heterocycles. The summed E-state index contributed by atoms with van der Waals surface area (Å²) in [6.07, 6.45) is 5.02. The molecule has 0 unspecified atom stereocenters. The van der Waals surface area contributed by atoms with Crippen molar-refractivity contribution < 1.29 is 9.90 Å². The molecule has 3 rings (SSSR count). The Kier molecular flexibility index (Phi) is 2.52. The van der Waals surface area contributed by atoms with E-state index in [0.717, 1.165) is 11.1 Å². The Morgan fingerprint density at radius 1 is 1.21 bits per heavy atom. The number of rotatable bonds is 2. The molecular weight excluding hydrogens is 242 g/mol. The van der Waals surface area contributed by atoms with E-state index < -0.39 is 5.97 Å². The summed E-state index contributed by atoms with van der Waals surface area (Å²) in [6.45, 7) is 1.91. The highest BCUT2D eigenvalue weighted by Crippen LogP contribution is 2.24. The number of carboxylic acids is 1. The molecule has 0 aliphatic rings. The first-order valence-corrected chi connectivity index (χ1v) is 5.79. The van der Waals surface area contributed by atoms with E-state index in [1.807, 2.05) is 19.1 Å². The van der Waals surface area contributed by atoms with Gasteiger partial charge in [0.25, 0.3) is 0 Å². The lowest BCUT2D eigenvalue weighted by Crippen LogP contribution is -2.03. The highest BCUT2D eigenvalue weighted by Gasteiger charge is 2.19. The molecule has 3 aromatic rings. The van der Waals surface area contributed by atoms with Crippen molar-refractivity contribution in [3.8, 4) is 11.3 Å². The van der Waals surface area contributed by atoms with Crippen molar-refractivity contribution in [3.63, 3.8) is 0 Å². The first kappa shape index (κ1) is 11.4. The molecule has 1 N–H and O–H groups in total. The van der Waals surface area contributed by atoms with E-state index in [0.29, 0.717) is 11.3 Å². The lowest BCUT2D eigenvalue weighted by atomic mass is 10.1. The zero-order valence-electron chi connectivity index (χ0n) is 10.2. The normalized spacial score (nSPS) is 10.8. The number of carboxylic acid groups (broad SMARTS) is 1. The molecule has 0 saturated heterocycles. The third-order valence-corrected chi connectivity index (χ3v) is 2.92. The summed E-state index contributed by atoms with van der Waals surface area (Å²) in [4.78, 5) is 19.8. The molecule has 94 valence electrons. The quantitative estimate of drug-likeness (QED) is 0.761. The number of carbonyl (C=O) groups is 1. The molecule has 0 atom stereocenters. The number of aromatic carboxylic acids is 1. The molecule has 19 heavy (non-hydrogen) atoms. The number of imidazole rings is 1. The SMILES string of the molecule is Cc1ccc2nc(-c3ccncc3)c(C(=O)O)n2c1. The number of nitrogens with zero attached hydrogens (tertiary/aromatic N) is 3. The minimum Gasteiger partial charge on any atom is -0.476 e. The van der Waals surface area contributed by atoms with Gasteiger partial charge in [0.2, 0.25) is 0 Å². The van der Waals surface area contributed by atoms with Crippen LogP contribution in [0.25, 0.3) is 16.9 Å². The average molecular weight is 253 g/mol. The van der Waals surface area contributed by atoms with Gasteiger partial charge < -0.3 is 5.11 Å². The van der Waals surface area contributed by atoms with Crippen LogP contribution in [0.15, 0.2) is 42.9 Å². The van der Waals surface area contributed by atoms with Gasteiger partial charge >= 0.3 is 5.97 Å². The van der Waals surface area contributed by atoms with Crippen LogP contribution >= 0.6 is 0 Å². The fourth-order valence-corrected chi connectivity index (χ4v) is 2.07. The van der Waals surface area contributed by atoms with Crippen molar-refractivity contribution >= 4 is 11.6 Å². The molecule has 3 aromatic heterocycles. The summed E-state index contributed by atoms with van der Waals surface area (Å²) in [5.74, 6) is -0.995. The van der Waals surface area contributed by atoms with Gasteiger partial charge in [0, 0.05) is 24.2 Å². The molecule has 0 radical (unpaired) electrons. The van der Waals surface area contributed by atoms with Crippen molar-refractivity contribution in [2.75, 3.05) is 0 Å². The Bertz CT molecular complexity index is 763. The van der Waals surface area contributed by atoms with Crippen LogP contribution in [-0.4, -0.2) is 25.4 Å². The number of hydrogen-bond donors (Lipinski definition) is 1. The van der Waals surface area contributed by atoms with Gasteiger partial charge in [-0.15, -0.1) is 0 Å². The highest BCUT2D eigenvalue weighted by molar-refractivity contribution is 5.94. The highest BCUT2D eigenvalue weighted by atomic mass is 16.4. The molecule has 0 amide bonds. The van der Waals surface area contributed by atoms with Crippen molar-refractivity contribution in [2.45, 2.75) is 6.92 Å². The van der Waals surface area contributed by atoms with Crippen LogP contribution in [0.1, 0.15) is 16.1 Å². The maximum absolute atomic E-state index is 11.5. The van der Waals surface area contributed by atoms with E-state index in [9.17, 15) is 9.90 Å². The van der Waals surface area contributed by atoms with Crippen molar-refractivity contribution in [3.05, 3.63) is 54.1 Å². The lowest BCUT2D eigenvalue weighted by Gasteiger charge is -2.00. The predicted molar refractivity (Wildman–Crippen MR) is 70.1 cm³/mol. The monoisotopic (exact) mass is 253 g/mol. The molecule has 0 aliphatic carbocycles. The summed E-state index contributed by atoms with van der Waals surface area (Å²) < 4.78 is 1.60. The molecule has 0 saturated carbocycles. The van der Waals surface area contributed by atoms with Crippen LogP contribution in [0.4, 0.5) is 0 Å². The second-order valence-electron chi connectivity index (χ2n) is 4.28. The van der Waals surface area contributed by atoms with Crippen LogP contribution in [0, 0.1) is 6.92 Å². The fourth-order valence-electron chi connectivity index (χ4n) is 2.07. The van der Waals surface area contributed by atoms with E-state index in [2.05, 4.69) is 9.97 Å². The summed E-state index contributed by atoms with van der Waals surface area (Å²) in [5.41, 5.74) is 2.97. The molecule has 5 nitrogen and oxygen atoms in total. The van der Waals surface area contributed by atoms with Crippen LogP contribution in [-0.2, 0) is 0 Å². The standard InChI is InChI=1S/C14H11N3O2/c1-9-2-3-11-16-12(10-4-6-15-7-5-10)13(14(18)19)17(11)8-9/h2-8H,1H3,(H,18,19). The third kappa shape index (κ3) is 1.85. The minimum absolute atomic E-state index is 0.171. The van der Waals surface area contributed by atoms with Crippen LogP contribution in [0.3, 0.4) is 0 Å². The molecule has 0 bridgehead atoms. The summed E-state index contributed by atoms with van der Waals surface area (Å²) in [6, 6.07) is 7.22. The number of fused-ring (bicyclic) bond motifs is 1. The summed E-state index contributed by atoms with van der Waals surface area (Å²) in [7, 11) is 0. The molecule has 0 spiro atoms. The average Bonchev–Trinajstić information content (AvgIpc) is 2.78. The van der Waals surface area contributed by atoms with Gasteiger partial charge in [0.05, 0.1) is 0 Å². The molecule has 5 heteroatoms. The van der Waals surface area contributed by atoms with Crippen molar-refractivity contribution in [1.29, 1.82) is 0 Å². The topological polar surface area (TPSA) is 67.5 Å². The van der Waals surface area contributed by atoms with E-state index >= 15 is 0 Å². The van der Waals surface area contributed by atoms with E-state index in [4.69, 9.17) is 0 Å². The number of hydrogen-bond acceptors (Lipinski definition) is 3.